The Hall–Kier alpha value is -2.09. The zero-order valence-corrected chi connectivity index (χ0v) is 10.9. The number of hydrogen-bond acceptors (Lipinski definition) is 2. The van der Waals surface area contributed by atoms with E-state index in [0.717, 1.165) is 10.3 Å². The smallest absolute Gasteiger partial charge is 0.331 e. The molecule has 104 valence electrons. The topological polar surface area (TPSA) is 38.5 Å². The third-order valence-corrected chi connectivity index (χ3v) is 3.22. The molecule has 0 saturated carbocycles. The molecule has 3 rings (SSSR count). The van der Waals surface area contributed by atoms with Gasteiger partial charge in [-0.3, -0.25) is 0 Å². The van der Waals surface area contributed by atoms with E-state index >= 15 is 0 Å². The van der Waals surface area contributed by atoms with Crippen LogP contribution >= 0.6 is 12.2 Å². The number of alkyl halides is 3. The minimum Gasteiger partial charge on any atom is -0.331 e. The Morgan fingerprint density at radius 3 is 2.75 bits per heavy atom. The summed E-state index contributed by atoms with van der Waals surface area (Å²) in [4.78, 5) is 6.69. The van der Waals surface area contributed by atoms with Crippen LogP contribution in [0.5, 0.6) is 0 Å². The van der Waals surface area contributed by atoms with Gasteiger partial charge in [0.25, 0.3) is 0 Å². The van der Waals surface area contributed by atoms with Crippen LogP contribution in [0.1, 0.15) is 0 Å². The van der Waals surface area contributed by atoms with E-state index in [4.69, 9.17) is 12.2 Å². The van der Waals surface area contributed by atoms with Crippen molar-refractivity contribution in [1.82, 2.24) is 19.1 Å². The fourth-order valence-electron chi connectivity index (χ4n) is 2.05. The van der Waals surface area contributed by atoms with Gasteiger partial charge in [-0.2, -0.15) is 13.2 Å². The number of aromatic amines is 1. The number of H-pyrrole nitrogens is 1. The Morgan fingerprint density at radius 1 is 1.30 bits per heavy atom. The molecule has 1 N–H and O–H groups in total. The highest BCUT2D eigenvalue weighted by atomic mass is 32.1. The molecule has 4 nitrogen and oxygen atoms in total. The summed E-state index contributed by atoms with van der Waals surface area (Å²) in [5.74, 6) is 0. The molecule has 0 unspecified atom stereocenters. The number of fused-ring (bicyclic) bond motifs is 1. The number of hydrogen-bond donors (Lipinski definition) is 1. The number of benzene rings is 1. The Kier molecular flexibility index (Phi) is 2.89. The second kappa shape index (κ2) is 4.48. The first-order valence-corrected chi connectivity index (χ1v) is 6.12. The van der Waals surface area contributed by atoms with Gasteiger partial charge in [-0.1, -0.05) is 0 Å². The third-order valence-electron chi connectivity index (χ3n) is 2.90. The molecular formula is C12H9F3N4S. The monoisotopic (exact) mass is 298 g/mol. The highest BCUT2D eigenvalue weighted by molar-refractivity contribution is 7.71. The molecule has 0 bridgehead atoms. The van der Waals surface area contributed by atoms with E-state index in [2.05, 4.69) is 9.97 Å². The van der Waals surface area contributed by atoms with Gasteiger partial charge in [0, 0.05) is 18.1 Å². The number of aromatic nitrogens is 4. The molecule has 0 atom stereocenters. The molecule has 0 fully saturated rings. The van der Waals surface area contributed by atoms with Gasteiger partial charge in [-0.25, -0.2) is 4.98 Å². The molecule has 0 aliphatic carbocycles. The van der Waals surface area contributed by atoms with Gasteiger partial charge in [-0.05, 0) is 30.4 Å². The lowest BCUT2D eigenvalue weighted by molar-refractivity contribution is -0.140. The molecule has 2 heterocycles. The van der Waals surface area contributed by atoms with Crippen LogP contribution in [-0.2, 0) is 6.54 Å². The van der Waals surface area contributed by atoms with E-state index in [1.54, 1.807) is 41.5 Å². The van der Waals surface area contributed by atoms with Gasteiger partial charge in [0.15, 0.2) is 4.77 Å². The first kappa shape index (κ1) is 12.9. The molecule has 0 spiro atoms. The molecule has 0 saturated heterocycles. The fourth-order valence-corrected chi connectivity index (χ4v) is 2.32. The minimum atomic E-state index is -4.32. The van der Waals surface area contributed by atoms with Crippen LogP contribution < -0.4 is 0 Å². The lowest BCUT2D eigenvalue weighted by Crippen LogP contribution is -2.17. The predicted molar refractivity (Wildman–Crippen MR) is 70.3 cm³/mol. The van der Waals surface area contributed by atoms with Crippen LogP contribution in [0.15, 0.2) is 36.9 Å². The van der Waals surface area contributed by atoms with Crippen molar-refractivity contribution in [3.63, 3.8) is 0 Å². The van der Waals surface area contributed by atoms with E-state index in [9.17, 15) is 13.2 Å². The van der Waals surface area contributed by atoms with Crippen molar-refractivity contribution in [3.8, 4) is 5.69 Å². The Balaban J connectivity index is 2.17. The first-order valence-electron chi connectivity index (χ1n) is 5.72. The molecule has 0 aliphatic heterocycles. The number of imidazole rings is 2. The second-order valence-electron chi connectivity index (χ2n) is 4.30. The standard InChI is InChI=1S/C12H9F3N4S/c13-12(14,15)6-19-10-5-8(18-4-3-16-7-18)1-2-9(10)17-11(19)20/h1-5,7H,6H2,(H,17,20). The Morgan fingerprint density at radius 2 is 2.10 bits per heavy atom. The SMILES string of the molecule is FC(F)(F)Cn1c(=S)[nH]c2ccc(-n3ccnc3)cc21. The summed E-state index contributed by atoms with van der Waals surface area (Å²) in [6, 6.07) is 5.13. The summed E-state index contributed by atoms with van der Waals surface area (Å²) < 4.78 is 40.6. The lowest BCUT2D eigenvalue weighted by Gasteiger charge is -2.09. The van der Waals surface area contributed by atoms with Gasteiger partial charge in [0.2, 0.25) is 0 Å². The van der Waals surface area contributed by atoms with Gasteiger partial charge in [-0.15, -0.1) is 0 Å². The maximum atomic E-state index is 12.6. The van der Waals surface area contributed by atoms with Crippen LogP contribution in [0, 0.1) is 4.77 Å². The molecule has 0 radical (unpaired) electrons. The van der Waals surface area contributed by atoms with Crippen molar-refractivity contribution in [3.05, 3.63) is 41.7 Å². The molecule has 3 aromatic rings. The normalized spacial score (nSPS) is 12.2. The van der Waals surface area contributed by atoms with E-state index in [1.165, 1.54) is 0 Å². The van der Waals surface area contributed by atoms with E-state index in [1.807, 2.05) is 0 Å². The van der Waals surface area contributed by atoms with Crippen molar-refractivity contribution in [2.75, 3.05) is 0 Å². The highest BCUT2D eigenvalue weighted by Crippen LogP contribution is 2.24. The van der Waals surface area contributed by atoms with Crippen LogP contribution in [-0.4, -0.2) is 25.3 Å². The van der Waals surface area contributed by atoms with Crippen LogP contribution in [0.25, 0.3) is 16.7 Å². The molecule has 8 heteroatoms. The quantitative estimate of drug-likeness (QED) is 0.736. The number of halogens is 3. The maximum absolute atomic E-state index is 12.6. The number of nitrogens with zero attached hydrogens (tertiary/aromatic N) is 3. The zero-order chi connectivity index (χ0) is 14.3. The van der Waals surface area contributed by atoms with Gasteiger partial charge in [0.05, 0.1) is 17.4 Å². The maximum Gasteiger partial charge on any atom is 0.406 e. The third kappa shape index (κ3) is 2.34. The van der Waals surface area contributed by atoms with Crippen molar-refractivity contribution in [2.24, 2.45) is 0 Å². The van der Waals surface area contributed by atoms with Gasteiger partial charge >= 0.3 is 6.18 Å². The van der Waals surface area contributed by atoms with Crippen molar-refractivity contribution in [1.29, 1.82) is 0 Å². The summed E-state index contributed by atoms with van der Waals surface area (Å²) in [7, 11) is 0. The van der Waals surface area contributed by atoms with Crippen LogP contribution in [0.3, 0.4) is 0 Å². The molecule has 1 aromatic carbocycles. The van der Waals surface area contributed by atoms with Crippen LogP contribution in [0.4, 0.5) is 13.2 Å². The first-order chi connectivity index (χ1) is 9.44. The van der Waals surface area contributed by atoms with Crippen molar-refractivity contribution in [2.45, 2.75) is 12.7 Å². The largest absolute Gasteiger partial charge is 0.406 e. The molecule has 0 aliphatic rings. The van der Waals surface area contributed by atoms with Crippen molar-refractivity contribution < 1.29 is 13.2 Å². The van der Waals surface area contributed by atoms with E-state index in [0.29, 0.717) is 11.0 Å². The number of nitrogens with one attached hydrogen (secondary N) is 1. The highest BCUT2D eigenvalue weighted by Gasteiger charge is 2.29. The molecule has 20 heavy (non-hydrogen) atoms. The van der Waals surface area contributed by atoms with Crippen LogP contribution in [0.2, 0.25) is 0 Å². The fraction of sp³-hybridized carbons (Fsp3) is 0.167. The van der Waals surface area contributed by atoms with E-state index in [-0.39, 0.29) is 4.77 Å². The predicted octanol–water partition coefficient (Wildman–Crippen LogP) is 3.45. The van der Waals surface area contributed by atoms with Gasteiger partial charge in [0.1, 0.15) is 6.54 Å². The summed E-state index contributed by atoms with van der Waals surface area (Å²) in [6.07, 6.45) is 0.578. The average molecular weight is 298 g/mol. The lowest BCUT2D eigenvalue weighted by atomic mass is 10.2. The second-order valence-corrected chi connectivity index (χ2v) is 4.69. The zero-order valence-electron chi connectivity index (χ0n) is 10.1. The molecule has 2 aromatic heterocycles. The minimum absolute atomic E-state index is 0.0557. The summed E-state index contributed by atoms with van der Waals surface area (Å²) in [5, 5.41) is 0. The molecular weight excluding hydrogens is 289 g/mol. The average Bonchev–Trinajstić information content (AvgIpc) is 2.97. The molecule has 0 amide bonds. The van der Waals surface area contributed by atoms with Crippen molar-refractivity contribution >= 4 is 23.3 Å². The van der Waals surface area contributed by atoms with Gasteiger partial charge < -0.3 is 14.1 Å². The van der Waals surface area contributed by atoms with E-state index < -0.39 is 12.7 Å². The summed E-state index contributed by atoms with van der Waals surface area (Å²) in [6.45, 7) is -1.11. The Labute approximate surface area is 116 Å². The summed E-state index contributed by atoms with van der Waals surface area (Å²) in [5.41, 5.74) is 1.71. The number of rotatable bonds is 2. The summed E-state index contributed by atoms with van der Waals surface area (Å²) >= 11 is 4.95. The Bertz CT molecular complexity index is 798.